The molecule has 0 amide bonds. The Bertz CT molecular complexity index is 2270. The van der Waals surface area contributed by atoms with Crippen LogP contribution in [0.4, 0.5) is 11.4 Å². The van der Waals surface area contributed by atoms with Gasteiger partial charge in [-0.25, -0.2) is 0 Å². The molecule has 0 saturated heterocycles. The van der Waals surface area contributed by atoms with Gasteiger partial charge in [0, 0.05) is 6.20 Å². The molecule has 4 heteroatoms. The summed E-state index contributed by atoms with van der Waals surface area (Å²) in [7, 11) is 0. The van der Waals surface area contributed by atoms with Gasteiger partial charge >= 0.3 is 21.1 Å². The first kappa shape index (κ1) is 31.0. The zero-order valence-corrected chi connectivity index (χ0v) is 28.2. The molecule has 0 bridgehead atoms. The van der Waals surface area contributed by atoms with Crippen molar-refractivity contribution in [3.05, 3.63) is 187 Å². The van der Waals surface area contributed by atoms with Crippen molar-refractivity contribution in [2.75, 3.05) is 0 Å². The summed E-state index contributed by atoms with van der Waals surface area (Å²) in [5.74, 6) is 0. The van der Waals surface area contributed by atoms with Crippen LogP contribution in [0.15, 0.2) is 176 Å². The third kappa shape index (κ3) is 6.34. The summed E-state index contributed by atoms with van der Waals surface area (Å²) in [5, 5.41) is 7.70. The molecule has 0 radical (unpaired) electrons. The third-order valence-corrected chi connectivity index (χ3v) is 8.38. The van der Waals surface area contributed by atoms with E-state index in [-0.39, 0.29) is 21.1 Å². The van der Waals surface area contributed by atoms with E-state index in [0.29, 0.717) is 0 Å². The number of para-hydroxylation sites is 2. The largest absolute Gasteiger partial charge is 2.00 e. The number of rotatable bonds is 7. The Balaban J connectivity index is 0.00000364. The minimum atomic E-state index is 0. The molecular weight excluding hydrogens is 766 g/mol. The number of fused-ring (bicyclic) bond motifs is 1. The standard InChI is InChI=1S/C44H29N3.Pt/c1-3-14-31(15-4-1)35-29-42(33-17-5-2-6-18-33)47-44(30-35)39-22-10-12-25-41(39)46-40-24-11-9-21-38(40)43-28-34(26-27-45-43)37-23-13-19-32-16-7-8-20-36(32)37;/h1-17,19-30H;/q-2;+2. The van der Waals surface area contributed by atoms with Crippen LogP contribution >= 0.6 is 0 Å². The maximum Gasteiger partial charge on any atom is 2.00 e. The van der Waals surface area contributed by atoms with Gasteiger partial charge in [0.2, 0.25) is 0 Å². The molecule has 0 N–H and O–H groups in total. The smallest absolute Gasteiger partial charge is 0.657 e. The van der Waals surface area contributed by atoms with Gasteiger partial charge < -0.3 is 5.32 Å². The average Bonchev–Trinajstić information content (AvgIpc) is 3.15. The van der Waals surface area contributed by atoms with Crippen molar-refractivity contribution in [2.45, 2.75) is 0 Å². The Kier molecular flexibility index (Phi) is 9.05. The second kappa shape index (κ2) is 14.0. The van der Waals surface area contributed by atoms with E-state index < -0.39 is 0 Å². The molecular formula is C44H29N3Pt. The molecule has 8 rings (SSSR count). The van der Waals surface area contributed by atoms with Crippen LogP contribution in [-0.2, 0) is 21.1 Å². The SMILES string of the molecule is [Pt+2].[c-]1ccccc1-c1cc(-c2ccccc2)cc(-c2ccccc2[N-]c2ccccc2-c2cc(-c3cccc4ccccc34)ccn2)n1. The van der Waals surface area contributed by atoms with Crippen molar-refractivity contribution < 1.29 is 21.1 Å². The van der Waals surface area contributed by atoms with Crippen LogP contribution in [-0.4, -0.2) is 9.97 Å². The van der Waals surface area contributed by atoms with Crippen LogP contribution in [0.5, 0.6) is 0 Å². The van der Waals surface area contributed by atoms with Crippen LogP contribution in [0.3, 0.4) is 0 Å². The normalized spacial score (nSPS) is 10.8. The van der Waals surface area contributed by atoms with Crippen molar-refractivity contribution in [3.63, 3.8) is 0 Å². The number of aromatic nitrogens is 2. The molecule has 0 aliphatic rings. The molecule has 0 saturated carbocycles. The Morgan fingerprint density at radius 2 is 1.08 bits per heavy atom. The van der Waals surface area contributed by atoms with Gasteiger partial charge in [0.15, 0.2) is 0 Å². The Labute approximate surface area is 295 Å². The van der Waals surface area contributed by atoms with Crippen LogP contribution in [0, 0.1) is 6.07 Å². The predicted molar refractivity (Wildman–Crippen MR) is 195 cm³/mol. The average molecular weight is 795 g/mol. The summed E-state index contributed by atoms with van der Waals surface area (Å²) in [6, 6.07) is 61.6. The van der Waals surface area contributed by atoms with Gasteiger partial charge in [-0.1, -0.05) is 127 Å². The molecule has 2 aromatic heterocycles. The van der Waals surface area contributed by atoms with Crippen molar-refractivity contribution >= 4 is 22.1 Å². The van der Waals surface area contributed by atoms with Crippen molar-refractivity contribution in [1.29, 1.82) is 0 Å². The van der Waals surface area contributed by atoms with Gasteiger partial charge in [-0.15, -0.1) is 47.3 Å². The fourth-order valence-corrected chi connectivity index (χ4v) is 6.08. The second-order valence-corrected chi connectivity index (χ2v) is 11.4. The maximum absolute atomic E-state index is 5.26. The van der Waals surface area contributed by atoms with E-state index in [1.807, 2.05) is 60.8 Å². The number of hydrogen-bond acceptors (Lipinski definition) is 2. The molecule has 6 aromatic carbocycles. The molecule has 0 aliphatic heterocycles. The second-order valence-electron chi connectivity index (χ2n) is 11.4. The Hall–Kier alpha value is -5.63. The number of pyridine rings is 2. The Morgan fingerprint density at radius 1 is 0.458 bits per heavy atom. The summed E-state index contributed by atoms with van der Waals surface area (Å²) < 4.78 is 0. The molecule has 2 heterocycles. The molecule has 230 valence electrons. The Morgan fingerprint density at radius 3 is 1.88 bits per heavy atom. The zero-order chi connectivity index (χ0) is 31.4. The van der Waals surface area contributed by atoms with E-state index in [1.165, 1.54) is 16.3 Å². The van der Waals surface area contributed by atoms with Gasteiger partial charge in [0.1, 0.15) is 0 Å². The monoisotopic (exact) mass is 794 g/mol. The third-order valence-electron chi connectivity index (χ3n) is 8.38. The quantitative estimate of drug-likeness (QED) is 0.151. The minimum absolute atomic E-state index is 0. The van der Waals surface area contributed by atoms with E-state index in [0.717, 1.165) is 61.8 Å². The topological polar surface area (TPSA) is 39.9 Å². The van der Waals surface area contributed by atoms with E-state index in [9.17, 15) is 0 Å². The van der Waals surface area contributed by atoms with E-state index in [2.05, 4.69) is 121 Å². The van der Waals surface area contributed by atoms with Gasteiger partial charge in [-0.2, -0.15) is 0 Å². The fourth-order valence-electron chi connectivity index (χ4n) is 6.08. The van der Waals surface area contributed by atoms with E-state index in [1.54, 1.807) is 0 Å². The maximum atomic E-state index is 5.26. The molecule has 8 aromatic rings. The van der Waals surface area contributed by atoms with Gasteiger partial charge in [-0.05, 0) is 68.0 Å². The van der Waals surface area contributed by atoms with Crippen LogP contribution in [0.25, 0.3) is 72.1 Å². The number of hydrogen-bond donors (Lipinski definition) is 0. The summed E-state index contributed by atoms with van der Waals surface area (Å²) in [6.45, 7) is 0. The molecule has 0 spiro atoms. The van der Waals surface area contributed by atoms with Crippen LogP contribution in [0.1, 0.15) is 0 Å². The van der Waals surface area contributed by atoms with Crippen molar-refractivity contribution in [3.8, 4) is 56.0 Å². The first-order valence-electron chi connectivity index (χ1n) is 15.7. The molecule has 0 atom stereocenters. The summed E-state index contributed by atoms with van der Waals surface area (Å²) in [4.78, 5) is 9.96. The summed E-state index contributed by atoms with van der Waals surface area (Å²) in [5.41, 5.74) is 11.7. The van der Waals surface area contributed by atoms with Crippen LogP contribution in [0.2, 0.25) is 0 Å². The van der Waals surface area contributed by atoms with Crippen molar-refractivity contribution in [1.82, 2.24) is 9.97 Å². The number of benzene rings is 6. The molecule has 3 nitrogen and oxygen atoms in total. The first-order chi connectivity index (χ1) is 23.3. The van der Waals surface area contributed by atoms with Gasteiger partial charge in [-0.3, -0.25) is 9.97 Å². The molecule has 0 fully saturated rings. The molecule has 48 heavy (non-hydrogen) atoms. The molecule has 0 aliphatic carbocycles. The summed E-state index contributed by atoms with van der Waals surface area (Å²) >= 11 is 0. The van der Waals surface area contributed by atoms with Crippen molar-refractivity contribution in [2.24, 2.45) is 0 Å². The summed E-state index contributed by atoms with van der Waals surface area (Å²) in [6.07, 6.45) is 1.89. The van der Waals surface area contributed by atoms with E-state index >= 15 is 0 Å². The zero-order valence-electron chi connectivity index (χ0n) is 25.9. The van der Waals surface area contributed by atoms with Gasteiger partial charge in [0.05, 0.1) is 11.4 Å². The fraction of sp³-hybridized carbons (Fsp3) is 0. The van der Waals surface area contributed by atoms with Crippen LogP contribution < -0.4 is 0 Å². The first-order valence-corrected chi connectivity index (χ1v) is 15.7. The van der Waals surface area contributed by atoms with E-state index in [4.69, 9.17) is 15.3 Å². The van der Waals surface area contributed by atoms with Gasteiger partial charge in [0.25, 0.3) is 0 Å². The molecule has 0 unspecified atom stereocenters. The predicted octanol–water partition coefficient (Wildman–Crippen LogP) is 12.1. The minimum Gasteiger partial charge on any atom is -0.657 e. The number of nitrogens with zero attached hydrogens (tertiary/aromatic N) is 3.